The molecule has 0 amide bonds. The molecule has 110 valence electrons. The van der Waals surface area contributed by atoms with E-state index in [0.717, 1.165) is 0 Å². The van der Waals surface area contributed by atoms with Gasteiger partial charge in [-0.1, -0.05) is 0 Å². The molecule has 0 unspecified atom stereocenters. The first-order valence-corrected chi connectivity index (χ1v) is 14.7. The summed E-state index contributed by atoms with van der Waals surface area (Å²) in [4.78, 5) is 0. The molecule has 0 spiro atoms. The van der Waals surface area contributed by atoms with Crippen LogP contribution in [0.2, 0.25) is 13.3 Å². The summed E-state index contributed by atoms with van der Waals surface area (Å²) in [6, 6.07) is 0. The number of rotatable bonds is 10. The summed E-state index contributed by atoms with van der Waals surface area (Å²) < 4.78 is 6.72. The van der Waals surface area contributed by atoms with Crippen molar-refractivity contribution in [2.75, 3.05) is 0 Å². The van der Waals surface area contributed by atoms with Gasteiger partial charge in [0.15, 0.2) is 0 Å². The average Bonchev–Trinajstić information content (AvgIpc) is 2.41. The Morgan fingerprint density at radius 2 is 1.16 bits per heavy atom. The van der Waals surface area contributed by atoms with Gasteiger partial charge < -0.3 is 11.8 Å². The predicted octanol–water partition coefficient (Wildman–Crippen LogP) is 5.08. The quantitative estimate of drug-likeness (QED) is 0.363. The largest absolute Gasteiger partial charge is 2.00 e. The van der Waals surface area contributed by atoms with Crippen LogP contribution in [0.25, 0.3) is 0 Å². The maximum absolute atomic E-state index is 6.25. The summed E-state index contributed by atoms with van der Waals surface area (Å²) in [7, 11) is 0. The Bertz CT molecular complexity index is 176. The summed E-state index contributed by atoms with van der Waals surface area (Å²) in [5.74, 6) is 0. The zero-order valence-corrected chi connectivity index (χ0v) is 17.1. The van der Waals surface area contributed by atoms with Crippen molar-refractivity contribution < 1.29 is 17.1 Å². The van der Waals surface area contributed by atoms with Gasteiger partial charge in [0.1, 0.15) is 0 Å². The minimum Gasteiger partial charge on any atom is 0 e. The Labute approximate surface area is 148 Å². The van der Waals surface area contributed by atoms with Gasteiger partial charge in [0.2, 0.25) is 0 Å². The maximum Gasteiger partial charge on any atom is 2.00 e. The molecule has 0 aromatic heterocycles. The van der Waals surface area contributed by atoms with Crippen LogP contribution in [-0.2, 0) is 17.1 Å². The smallest absolute Gasteiger partial charge is 0 e. The molecule has 0 rings (SSSR count). The van der Waals surface area contributed by atoms with Crippen molar-refractivity contribution in [2.45, 2.75) is 72.6 Å². The Morgan fingerprint density at radius 1 is 0.895 bits per heavy atom. The topological polar surface area (TPSA) is 23.8 Å². The molecule has 0 saturated carbocycles. The van der Waals surface area contributed by atoms with Crippen LogP contribution >= 0.6 is 0 Å². The molecule has 0 aliphatic carbocycles. The number of nitrogens with zero attached hydrogens (tertiary/aromatic N) is 1. The van der Waals surface area contributed by atoms with Gasteiger partial charge in [-0.05, 0) is 0 Å². The van der Waals surface area contributed by atoms with E-state index < -0.39 is 18.4 Å². The molecule has 0 aromatic carbocycles. The molecule has 2 radical (unpaired) electrons. The molecular formula is C15H29CuLiNSn. The molecule has 0 aliphatic heterocycles. The Kier molecular flexibility index (Phi) is 32.0. The van der Waals surface area contributed by atoms with Gasteiger partial charge in [-0.15, -0.1) is 0 Å². The minimum atomic E-state index is -1.96. The summed E-state index contributed by atoms with van der Waals surface area (Å²) in [5, 5.41) is 6.25. The van der Waals surface area contributed by atoms with Crippen LogP contribution in [0.4, 0.5) is 0 Å². The van der Waals surface area contributed by atoms with Crippen molar-refractivity contribution in [1.29, 1.82) is 5.26 Å². The first kappa shape index (κ1) is 28.3. The Morgan fingerprint density at radius 3 is 1.32 bits per heavy atom. The van der Waals surface area contributed by atoms with Crippen molar-refractivity contribution in [3.8, 4) is 0 Å². The first-order chi connectivity index (χ1) is 8.24. The van der Waals surface area contributed by atoms with Crippen LogP contribution < -0.4 is 0 Å². The second-order valence-electron chi connectivity index (χ2n) is 4.84. The summed E-state index contributed by atoms with van der Waals surface area (Å²) in [5.41, 5.74) is 0. The van der Waals surface area contributed by atoms with Gasteiger partial charge in [-0.2, -0.15) is 0 Å². The molecule has 0 aromatic rings. The molecule has 0 fully saturated rings. The number of hydrogen-bond donors (Lipinski definition) is 0. The normalized spacial score (nSPS) is 9.32. The zero-order valence-electron chi connectivity index (χ0n) is 13.3. The molecule has 1 nitrogen and oxygen atoms in total. The van der Waals surface area contributed by atoms with Crippen LogP contribution in [-0.4, -0.2) is 37.2 Å². The molecule has 19 heavy (non-hydrogen) atoms. The van der Waals surface area contributed by atoms with Crippen LogP contribution in [0.3, 0.4) is 0 Å². The van der Waals surface area contributed by atoms with Gasteiger partial charge in [0.05, 0.1) is 0 Å². The molecule has 0 heterocycles. The van der Waals surface area contributed by atoms with Crippen molar-refractivity contribution in [3.63, 3.8) is 0 Å². The summed E-state index contributed by atoms with van der Waals surface area (Å²) in [6.45, 7) is 17.6. The Balaban J connectivity index is -0.000000267. The van der Waals surface area contributed by atoms with Gasteiger partial charge >= 0.3 is 119 Å². The Hall–Kier alpha value is 1.15. The molecule has 0 aliphatic rings. The molecule has 0 saturated heterocycles. The molecule has 4 heteroatoms. The SMILES string of the molecule is [C-]#N.[CH-]=[CH][Sn]([CH2]CCC)([CH2]CCC)[CH2]CCC.[Cu+2].[Li]. The minimum absolute atomic E-state index is 0. The third-order valence-electron chi connectivity index (χ3n) is 3.44. The van der Waals surface area contributed by atoms with Crippen molar-refractivity contribution in [1.82, 2.24) is 0 Å². The molecule has 0 N–H and O–H groups in total. The maximum atomic E-state index is 6.25. The fraction of sp³-hybridized carbons (Fsp3) is 0.800. The van der Waals surface area contributed by atoms with E-state index in [1.54, 1.807) is 0 Å². The third kappa shape index (κ3) is 15.4. The standard InChI is InChI=1S/3C4H9.C2H2.CN.Cu.Li.Sn/c3*1-3-4-2;2*1-2;;;/h3*1,3-4H2,2H3;1-2H;;;;/q;;;2*-1;+2;;. The van der Waals surface area contributed by atoms with Gasteiger partial charge in [0.25, 0.3) is 0 Å². The number of unbranched alkanes of at least 4 members (excludes halogenated alkanes) is 3. The zero-order chi connectivity index (χ0) is 13.6. The van der Waals surface area contributed by atoms with Crippen molar-refractivity contribution in [2.24, 2.45) is 0 Å². The monoisotopic (exact) mass is 413 g/mol. The second kappa shape index (κ2) is 21.4. The first-order valence-electron chi connectivity index (χ1n) is 7.03. The molecule has 0 bridgehead atoms. The van der Waals surface area contributed by atoms with Gasteiger partial charge in [-0.3, -0.25) is 0 Å². The van der Waals surface area contributed by atoms with Crippen LogP contribution in [0.5, 0.6) is 0 Å². The fourth-order valence-corrected chi connectivity index (χ4v) is 14.8. The van der Waals surface area contributed by atoms with E-state index in [1.807, 2.05) is 0 Å². The fourth-order valence-electron chi connectivity index (χ4n) is 2.21. The van der Waals surface area contributed by atoms with Crippen molar-refractivity contribution in [3.05, 3.63) is 17.2 Å². The molecule has 0 atom stereocenters. The van der Waals surface area contributed by atoms with E-state index >= 15 is 0 Å². The predicted molar refractivity (Wildman–Crippen MR) is 84.5 cm³/mol. The van der Waals surface area contributed by atoms with Gasteiger partial charge in [-0.25, -0.2) is 0 Å². The summed E-state index contributed by atoms with van der Waals surface area (Å²) in [6.07, 6.45) is 8.26. The van der Waals surface area contributed by atoms with E-state index in [1.165, 1.54) is 51.8 Å². The van der Waals surface area contributed by atoms with Crippen LogP contribution in [0.15, 0.2) is 4.09 Å². The van der Waals surface area contributed by atoms with E-state index in [0.29, 0.717) is 0 Å². The van der Waals surface area contributed by atoms with Gasteiger partial charge in [0, 0.05) is 18.9 Å². The molecular weight excluding hydrogens is 383 g/mol. The second-order valence-corrected chi connectivity index (χ2v) is 17.8. The average molecular weight is 413 g/mol. The van der Waals surface area contributed by atoms with E-state index in [9.17, 15) is 0 Å². The van der Waals surface area contributed by atoms with E-state index in [2.05, 4.69) is 24.9 Å². The van der Waals surface area contributed by atoms with E-state index in [4.69, 9.17) is 18.4 Å². The third-order valence-corrected chi connectivity index (χ3v) is 17.0. The van der Waals surface area contributed by atoms with E-state index in [-0.39, 0.29) is 35.9 Å². The summed E-state index contributed by atoms with van der Waals surface area (Å²) >= 11 is -1.96. The van der Waals surface area contributed by atoms with Crippen molar-refractivity contribution >= 4 is 37.2 Å². The van der Waals surface area contributed by atoms with Crippen LogP contribution in [0, 0.1) is 18.4 Å². The number of hydrogen-bond acceptors (Lipinski definition) is 1. The van der Waals surface area contributed by atoms with Crippen LogP contribution in [0.1, 0.15) is 59.3 Å².